The van der Waals surface area contributed by atoms with Gasteiger partial charge in [-0.15, -0.1) is 11.3 Å². The summed E-state index contributed by atoms with van der Waals surface area (Å²) in [5.41, 5.74) is 0.208. The average Bonchev–Trinajstić information content (AvgIpc) is 2.87. The van der Waals surface area contributed by atoms with E-state index in [1.807, 2.05) is 19.1 Å². The summed E-state index contributed by atoms with van der Waals surface area (Å²) in [5, 5.41) is 8.49. The molecule has 2 rings (SSSR count). The van der Waals surface area contributed by atoms with Gasteiger partial charge < -0.3 is 5.32 Å². The summed E-state index contributed by atoms with van der Waals surface area (Å²) in [4.78, 5) is 36.4. The first-order valence-electron chi connectivity index (χ1n) is 6.16. The quantitative estimate of drug-likeness (QED) is 0.874. The third kappa shape index (κ3) is 3.76. The highest BCUT2D eigenvalue weighted by Gasteiger charge is 2.10. The number of imide groups is 1. The van der Waals surface area contributed by atoms with Crippen molar-refractivity contribution in [3.05, 3.63) is 39.5 Å². The Kier molecular flexibility index (Phi) is 4.49. The van der Waals surface area contributed by atoms with Crippen molar-refractivity contribution in [2.24, 2.45) is 0 Å². The van der Waals surface area contributed by atoms with Crippen molar-refractivity contribution < 1.29 is 9.59 Å². The monoisotopic (exact) mass is 306 g/mol. The summed E-state index contributed by atoms with van der Waals surface area (Å²) < 4.78 is 1.03. The molecule has 8 heteroatoms. The fraction of sp³-hybridized carbons (Fsp3) is 0.231. The summed E-state index contributed by atoms with van der Waals surface area (Å²) in [6.45, 7) is 1.66. The lowest BCUT2D eigenvalue weighted by Crippen LogP contribution is -2.41. The van der Waals surface area contributed by atoms with Crippen molar-refractivity contribution in [3.63, 3.8) is 0 Å². The molecule has 0 saturated carbocycles. The predicted octanol–water partition coefficient (Wildman–Crippen LogP) is 0.736. The van der Waals surface area contributed by atoms with Gasteiger partial charge in [0.1, 0.15) is 12.2 Å². The van der Waals surface area contributed by atoms with Crippen molar-refractivity contribution in [3.8, 4) is 10.6 Å². The van der Waals surface area contributed by atoms with Gasteiger partial charge in [-0.05, 0) is 25.1 Å². The summed E-state index contributed by atoms with van der Waals surface area (Å²) in [6.07, 6.45) is 0. The number of thiophene rings is 1. The Morgan fingerprint density at radius 3 is 2.67 bits per heavy atom. The Morgan fingerprint density at radius 1 is 1.29 bits per heavy atom. The topological polar surface area (TPSA) is 93.1 Å². The van der Waals surface area contributed by atoms with Crippen LogP contribution in [0.2, 0.25) is 0 Å². The summed E-state index contributed by atoms with van der Waals surface area (Å²) >= 11 is 1.55. The standard InChI is InChI=1S/C13H14N4O3S/c1-8-3-5-10(21-8)9-4-6-12(19)17(16-9)7-11(18)15-13(20)14-2/h3-6H,7H2,1-2H3,(H2,14,15,18,20). The van der Waals surface area contributed by atoms with Gasteiger partial charge in [0, 0.05) is 18.0 Å². The molecule has 0 radical (unpaired) electrons. The van der Waals surface area contributed by atoms with Crippen LogP contribution in [0.15, 0.2) is 29.1 Å². The smallest absolute Gasteiger partial charge is 0.321 e. The number of rotatable bonds is 3. The molecular weight excluding hydrogens is 292 g/mol. The highest BCUT2D eigenvalue weighted by molar-refractivity contribution is 7.15. The minimum Gasteiger partial charge on any atom is -0.341 e. The summed E-state index contributed by atoms with van der Waals surface area (Å²) in [6, 6.07) is 6.20. The maximum Gasteiger partial charge on any atom is 0.321 e. The van der Waals surface area contributed by atoms with Gasteiger partial charge in [-0.2, -0.15) is 5.10 Å². The van der Waals surface area contributed by atoms with Crippen LogP contribution in [0.1, 0.15) is 4.88 Å². The first kappa shape index (κ1) is 14.9. The summed E-state index contributed by atoms with van der Waals surface area (Å²) in [7, 11) is 1.40. The van der Waals surface area contributed by atoms with Crippen molar-refractivity contribution in [1.29, 1.82) is 0 Å². The molecule has 0 bridgehead atoms. The van der Waals surface area contributed by atoms with E-state index in [9.17, 15) is 14.4 Å². The number of nitrogens with zero attached hydrogens (tertiary/aromatic N) is 2. The van der Waals surface area contributed by atoms with E-state index in [1.165, 1.54) is 13.1 Å². The van der Waals surface area contributed by atoms with Crippen LogP contribution in [0.5, 0.6) is 0 Å². The number of carbonyl (C=O) groups excluding carboxylic acids is 2. The van der Waals surface area contributed by atoms with E-state index in [2.05, 4.69) is 15.7 Å². The van der Waals surface area contributed by atoms with Crippen LogP contribution < -0.4 is 16.2 Å². The van der Waals surface area contributed by atoms with Gasteiger partial charge in [-0.25, -0.2) is 9.48 Å². The van der Waals surface area contributed by atoms with E-state index in [0.717, 1.165) is 14.4 Å². The van der Waals surface area contributed by atoms with Crippen LogP contribution in [0, 0.1) is 6.92 Å². The lowest BCUT2D eigenvalue weighted by molar-refractivity contribution is -0.120. The zero-order valence-electron chi connectivity index (χ0n) is 11.5. The predicted molar refractivity (Wildman–Crippen MR) is 79.1 cm³/mol. The van der Waals surface area contributed by atoms with E-state index >= 15 is 0 Å². The number of aryl methyl sites for hydroxylation is 1. The minimum absolute atomic E-state index is 0.315. The molecule has 0 aromatic carbocycles. The van der Waals surface area contributed by atoms with Crippen LogP contribution in [-0.2, 0) is 11.3 Å². The Morgan fingerprint density at radius 2 is 2.05 bits per heavy atom. The van der Waals surface area contributed by atoms with Crippen molar-refractivity contribution >= 4 is 23.3 Å². The van der Waals surface area contributed by atoms with Crippen LogP contribution in [-0.4, -0.2) is 28.8 Å². The van der Waals surface area contributed by atoms with E-state index < -0.39 is 17.5 Å². The van der Waals surface area contributed by atoms with Gasteiger partial charge in [0.25, 0.3) is 5.56 Å². The molecule has 0 aliphatic carbocycles. The molecule has 0 fully saturated rings. The first-order chi connectivity index (χ1) is 9.99. The zero-order valence-corrected chi connectivity index (χ0v) is 12.4. The second-order valence-corrected chi connectivity index (χ2v) is 5.54. The molecule has 0 saturated heterocycles. The maximum absolute atomic E-state index is 11.7. The minimum atomic E-state index is -0.627. The van der Waals surface area contributed by atoms with E-state index in [1.54, 1.807) is 17.4 Å². The number of hydrogen-bond acceptors (Lipinski definition) is 5. The molecular formula is C13H14N4O3S. The number of nitrogens with one attached hydrogen (secondary N) is 2. The molecule has 2 aromatic heterocycles. The number of urea groups is 1. The fourth-order valence-electron chi connectivity index (χ4n) is 1.63. The lowest BCUT2D eigenvalue weighted by atomic mass is 10.3. The number of amides is 3. The van der Waals surface area contributed by atoms with Gasteiger partial charge in [0.05, 0.1) is 4.88 Å². The fourth-order valence-corrected chi connectivity index (χ4v) is 2.46. The first-order valence-corrected chi connectivity index (χ1v) is 6.98. The lowest BCUT2D eigenvalue weighted by Gasteiger charge is -2.06. The van der Waals surface area contributed by atoms with Gasteiger partial charge in [0.15, 0.2) is 0 Å². The molecule has 2 N–H and O–H groups in total. The van der Waals surface area contributed by atoms with Crippen LogP contribution >= 0.6 is 11.3 Å². The molecule has 7 nitrogen and oxygen atoms in total. The Bertz CT molecular complexity index is 735. The molecule has 0 aliphatic rings. The maximum atomic E-state index is 11.7. The summed E-state index contributed by atoms with van der Waals surface area (Å²) in [5.74, 6) is -0.608. The van der Waals surface area contributed by atoms with Crippen molar-refractivity contribution in [2.45, 2.75) is 13.5 Å². The SMILES string of the molecule is CNC(=O)NC(=O)Cn1nc(-c2ccc(C)s2)ccc1=O. The molecule has 2 aromatic rings. The molecule has 0 aliphatic heterocycles. The highest BCUT2D eigenvalue weighted by atomic mass is 32.1. The van der Waals surface area contributed by atoms with Gasteiger partial charge in [0.2, 0.25) is 5.91 Å². The molecule has 0 unspecified atom stereocenters. The van der Waals surface area contributed by atoms with Crippen molar-refractivity contribution in [1.82, 2.24) is 20.4 Å². The Balaban J connectivity index is 2.22. The van der Waals surface area contributed by atoms with E-state index in [-0.39, 0.29) is 6.54 Å². The molecule has 110 valence electrons. The second-order valence-electron chi connectivity index (χ2n) is 4.25. The molecule has 2 heterocycles. The van der Waals surface area contributed by atoms with Gasteiger partial charge in [-0.1, -0.05) is 0 Å². The molecule has 21 heavy (non-hydrogen) atoms. The molecule has 0 atom stereocenters. The van der Waals surface area contributed by atoms with Gasteiger partial charge in [-0.3, -0.25) is 14.9 Å². The largest absolute Gasteiger partial charge is 0.341 e. The zero-order chi connectivity index (χ0) is 15.4. The average molecular weight is 306 g/mol. The number of carbonyl (C=O) groups is 2. The van der Waals surface area contributed by atoms with Crippen molar-refractivity contribution in [2.75, 3.05) is 7.05 Å². The normalized spacial score (nSPS) is 10.2. The highest BCUT2D eigenvalue weighted by Crippen LogP contribution is 2.24. The van der Waals surface area contributed by atoms with E-state index in [0.29, 0.717) is 5.69 Å². The third-order valence-electron chi connectivity index (χ3n) is 2.63. The number of aromatic nitrogens is 2. The second kappa shape index (κ2) is 6.31. The Hall–Kier alpha value is -2.48. The van der Waals surface area contributed by atoms with Crippen LogP contribution in [0.25, 0.3) is 10.6 Å². The Labute approximate surface area is 124 Å². The van der Waals surface area contributed by atoms with Crippen LogP contribution in [0.4, 0.5) is 4.79 Å². The van der Waals surface area contributed by atoms with E-state index in [4.69, 9.17) is 0 Å². The number of hydrogen-bond donors (Lipinski definition) is 2. The molecule has 0 spiro atoms. The third-order valence-corrected chi connectivity index (χ3v) is 3.66. The molecule has 3 amide bonds. The van der Waals surface area contributed by atoms with Gasteiger partial charge >= 0.3 is 6.03 Å². The van der Waals surface area contributed by atoms with Crippen LogP contribution in [0.3, 0.4) is 0 Å².